The van der Waals surface area contributed by atoms with Gasteiger partial charge in [-0.3, -0.25) is 0 Å². The van der Waals surface area contributed by atoms with Crippen LogP contribution in [0.4, 0.5) is 0 Å². The molecule has 1 aromatic rings. The normalized spacial score (nSPS) is 23.4. The fraction of sp³-hybridized carbons (Fsp3) is 0.364. The molecule has 1 unspecified atom stereocenters. The minimum absolute atomic E-state index is 0.245. The van der Waals surface area contributed by atoms with Crippen molar-refractivity contribution in [3.05, 3.63) is 28.3 Å². The largest absolute Gasteiger partial charge is 0.493 e. The highest BCUT2D eigenvalue weighted by molar-refractivity contribution is 6.30. The van der Waals surface area contributed by atoms with Gasteiger partial charge in [0.05, 0.1) is 6.61 Å². The van der Waals surface area contributed by atoms with E-state index in [-0.39, 0.29) is 6.42 Å². The summed E-state index contributed by atoms with van der Waals surface area (Å²) in [4.78, 5) is 11.2. The fourth-order valence-electron chi connectivity index (χ4n) is 1.92. The molecule has 3 N–H and O–H groups in total. The summed E-state index contributed by atoms with van der Waals surface area (Å²) in [7, 11) is 0. The smallest absolute Gasteiger partial charge is 0.328 e. The Labute approximate surface area is 98.0 Å². The highest BCUT2D eigenvalue weighted by atomic mass is 35.5. The van der Waals surface area contributed by atoms with E-state index in [1.54, 1.807) is 12.1 Å². The molecular formula is C11H12ClNO3. The van der Waals surface area contributed by atoms with Crippen LogP contribution in [-0.4, -0.2) is 17.7 Å². The van der Waals surface area contributed by atoms with Crippen LogP contribution in [0.5, 0.6) is 5.75 Å². The minimum Gasteiger partial charge on any atom is -0.493 e. The van der Waals surface area contributed by atoms with Crippen molar-refractivity contribution in [3.63, 3.8) is 0 Å². The molecule has 0 radical (unpaired) electrons. The predicted molar refractivity (Wildman–Crippen MR) is 59.8 cm³/mol. The lowest BCUT2D eigenvalue weighted by atomic mass is 9.84. The summed E-state index contributed by atoms with van der Waals surface area (Å²) < 4.78 is 5.45. The molecule has 1 heterocycles. The van der Waals surface area contributed by atoms with Crippen molar-refractivity contribution < 1.29 is 14.6 Å². The number of hydrogen-bond acceptors (Lipinski definition) is 3. The number of aliphatic carboxylic acids is 1. The summed E-state index contributed by atoms with van der Waals surface area (Å²) in [6, 6.07) is 3.30. The Morgan fingerprint density at radius 1 is 1.62 bits per heavy atom. The number of ether oxygens (including phenoxy) is 1. The third-order valence-corrected chi connectivity index (χ3v) is 3.06. The molecule has 16 heavy (non-hydrogen) atoms. The van der Waals surface area contributed by atoms with E-state index in [2.05, 4.69) is 0 Å². The Hall–Kier alpha value is -1.26. The molecule has 0 saturated heterocycles. The number of benzene rings is 1. The second kappa shape index (κ2) is 3.64. The summed E-state index contributed by atoms with van der Waals surface area (Å²) in [5, 5.41) is 9.67. The van der Waals surface area contributed by atoms with E-state index in [0.29, 0.717) is 22.9 Å². The van der Waals surface area contributed by atoms with Gasteiger partial charge in [0.1, 0.15) is 11.3 Å². The first-order chi connectivity index (χ1) is 7.45. The molecular weight excluding hydrogens is 230 g/mol. The van der Waals surface area contributed by atoms with Crippen molar-refractivity contribution >= 4 is 17.6 Å². The zero-order chi connectivity index (χ0) is 11.9. The molecule has 5 heteroatoms. The molecule has 1 aliphatic rings. The second-order valence-electron chi connectivity index (χ2n) is 3.97. The monoisotopic (exact) mass is 241 g/mol. The van der Waals surface area contributed by atoms with Crippen molar-refractivity contribution in [1.82, 2.24) is 0 Å². The van der Waals surface area contributed by atoms with Gasteiger partial charge in [-0.25, -0.2) is 4.79 Å². The maximum Gasteiger partial charge on any atom is 0.328 e. The summed E-state index contributed by atoms with van der Waals surface area (Å²) in [5.41, 5.74) is 5.77. The number of nitrogens with two attached hydrogens (primary N) is 1. The van der Waals surface area contributed by atoms with Crippen molar-refractivity contribution in [2.75, 3.05) is 6.61 Å². The van der Waals surface area contributed by atoms with Gasteiger partial charge in [-0.2, -0.15) is 0 Å². The lowest BCUT2D eigenvalue weighted by molar-refractivity contribution is -0.144. The van der Waals surface area contributed by atoms with E-state index in [1.807, 2.05) is 6.92 Å². The number of fused-ring (bicyclic) bond motifs is 1. The number of aryl methyl sites for hydroxylation is 1. The quantitative estimate of drug-likeness (QED) is 0.785. The zero-order valence-corrected chi connectivity index (χ0v) is 9.54. The lowest BCUT2D eigenvalue weighted by Crippen LogP contribution is -2.48. The van der Waals surface area contributed by atoms with Crippen LogP contribution in [0.25, 0.3) is 0 Å². The molecule has 0 saturated carbocycles. The Kier molecular flexibility index (Phi) is 2.56. The Bertz CT molecular complexity index is 461. The van der Waals surface area contributed by atoms with E-state index < -0.39 is 11.5 Å². The minimum atomic E-state index is -1.40. The van der Waals surface area contributed by atoms with Gasteiger partial charge in [0.2, 0.25) is 0 Å². The Morgan fingerprint density at radius 2 is 2.31 bits per heavy atom. The van der Waals surface area contributed by atoms with Crippen LogP contribution in [-0.2, 0) is 10.3 Å². The Morgan fingerprint density at radius 3 is 2.94 bits per heavy atom. The second-order valence-corrected chi connectivity index (χ2v) is 4.41. The number of carboxylic acid groups (broad SMARTS) is 1. The van der Waals surface area contributed by atoms with E-state index in [9.17, 15) is 9.90 Å². The standard InChI is InChI=1S/C11H12ClNO3/c1-6-4-7(12)5-8-9(6)16-3-2-11(8,13)10(14)15/h4-5H,2-3,13H2,1H3,(H,14,15). The summed E-state index contributed by atoms with van der Waals surface area (Å²) in [6.07, 6.45) is 0.245. The number of halogens is 1. The molecule has 1 aromatic carbocycles. The van der Waals surface area contributed by atoms with Gasteiger partial charge >= 0.3 is 5.97 Å². The first-order valence-corrected chi connectivity index (χ1v) is 5.28. The van der Waals surface area contributed by atoms with Crippen LogP contribution in [0, 0.1) is 6.92 Å². The molecule has 0 spiro atoms. The molecule has 86 valence electrons. The van der Waals surface area contributed by atoms with Crippen LogP contribution in [0.2, 0.25) is 5.02 Å². The van der Waals surface area contributed by atoms with Crippen molar-refractivity contribution in [3.8, 4) is 5.75 Å². The van der Waals surface area contributed by atoms with Crippen molar-refractivity contribution in [1.29, 1.82) is 0 Å². The van der Waals surface area contributed by atoms with E-state index >= 15 is 0 Å². The molecule has 4 nitrogen and oxygen atoms in total. The molecule has 1 aliphatic heterocycles. The molecule has 0 aliphatic carbocycles. The Balaban J connectivity index is 2.67. The van der Waals surface area contributed by atoms with Gasteiger partial charge in [-0.05, 0) is 24.6 Å². The van der Waals surface area contributed by atoms with E-state index in [0.717, 1.165) is 5.56 Å². The van der Waals surface area contributed by atoms with Crippen molar-refractivity contribution in [2.24, 2.45) is 5.73 Å². The number of rotatable bonds is 1. The van der Waals surface area contributed by atoms with Crippen molar-refractivity contribution in [2.45, 2.75) is 18.9 Å². The number of carbonyl (C=O) groups is 1. The lowest BCUT2D eigenvalue weighted by Gasteiger charge is -2.32. The molecule has 0 aromatic heterocycles. The van der Waals surface area contributed by atoms with Crippen LogP contribution >= 0.6 is 11.6 Å². The molecule has 0 amide bonds. The van der Waals surface area contributed by atoms with Crippen LogP contribution in [0.15, 0.2) is 12.1 Å². The van der Waals surface area contributed by atoms with E-state index in [1.165, 1.54) is 0 Å². The highest BCUT2D eigenvalue weighted by Gasteiger charge is 2.41. The number of hydrogen-bond donors (Lipinski definition) is 2. The highest BCUT2D eigenvalue weighted by Crippen LogP contribution is 2.39. The van der Waals surface area contributed by atoms with Crippen LogP contribution in [0.1, 0.15) is 17.5 Å². The van der Waals surface area contributed by atoms with Gasteiger partial charge in [-0.1, -0.05) is 11.6 Å². The first kappa shape index (κ1) is 11.2. The van der Waals surface area contributed by atoms with Gasteiger partial charge < -0.3 is 15.6 Å². The van der Waals surface area contributed by atoms with E-state index in [4.69, 9.17) is 22.1 Å². The van der Waals surface area contributed by atoms with Gasteiger partial charge in [0, 0.05) is 17.0 Å². The summed E-state index contributed by atoms with van der Waals surface area (Å²) in [6.45, 7) is 2.12. The third kappa shape index (κ3) is 1.54. The first-order valence-electron chi connectivity index (χ1n) is 4.91. The topological polar surface area (TPSA) is 72.5 Å². The fourth-order valence-corrected chi connectivity index (χ4v) is 2.20. The molecule has 2 rings (SSSR count). The van der Waals surface area contributed by atoms with Gasteiger partial charge in [-0.15, -0.1) is 0 Å². The average molecular weight is 242 g/mol. The third-order valence-electron chi connectivity index (χ3n) is 2.84. The van der Waals surface area contributed by atoms with Crippen LogP contribution < -0.4 is 10.5 Å². The molecule has 1 atom stereocenters. The maximum atomic E-state index is 11.2. The zero-order valence-electron chi connectivity index (χ0n) is 8.79. The van der Waals surface area contributed by atoms with Crippen LogP contribution in [0.3, 0.4) is 0 Å². The average Bonchev–Trinajstić information content (AvgIpc) is 2.19. The summed E-state index contributed by atoms with van der Waals surface area (Å²) in [5.74, 6) is -0.515. The SMILES string of the molecule is Cc1cc(Cl)cc2c1OCCC2(N)C(=O)O. The molecule has 0 fully saturated rings. The predicted octanol–water partition coefficient (Wildman–Crippen LogP) is 1.67. The maximum absolute atomic E-state index is 11.2. The molecule has 0 bridgehead atoms. The number of carboxylic acids is 1. The van der Waals surface area contributed by atoms with Gasteiger partial charge in [0.15, 0.2) is 0 Å². The van der Waals surface area contributed by atoms with Gasteiger partial charge in [0.25, 0.3) is 0 Å². The summed E-state index contributed by atoms with van der Waals surface area (Å²) >= 11 is 5.91.